The zero-order valence-electron chi connectivity index (χ0n) is 12.1. The van der Waals surface area contributed by atoms with Gasteiger partial charge in [0.2, 0.25) is 0 Å². The van der Waals surface area contributed by atoms with Crippen LogP contribution in [0.1, 0.15) is 26.7 Å². The largest absolute Gasteiger partial charge is 0.349 e. The van der Waals surface area contributed by atoms with Crippen molar-refractivity contribution in [1.82, 2.24) is 4.34 Å². The molecule has 1 rings (SSSR count). The van der Waals surface area contributed by atoms with Gasteiger partial charge in [0.15, 0.2) is 16.5 Å². The summed E-state index contributed by atoms with van der Waals surface area (Å²) in [5.41, 5.74) is 0.987. The summed E-state index contributed by atoms with van der Waals surface area (Å²) in [6.45, 7) is 13.3. The van der Waals surface area contributed by atoms with E-state index >= 15 is 0 Å². The Morgan fingerprint density at radius 1 is 1.12 bits per heavy atom. The van der Waals surface area contributed by atoms with Crippen molar-refractivity contribution in [2.45, 2.75) is 65.0 Å². The number of hydrogen-bond acceptors (Lipinski definition) is 3. The van der Waals surface area contributed by atoms with Crippen LogP contribution in [0.4, 0.5) is 0 Å². The molecule has 17 heavy (non-hydrogen) atoms. The Hall–Kier alpha value is -0.426. The molecule has 0 atom stereocenters. The Morgan fingerprint density at radius 3 is 2.00 bits per heavy atom. The molecule has 0 radical (unpaired) electrons. The summed E-state index contributed by atoms with van der Waals surface area (Å²) in [5.74, 6) is 0.210. The molecule has 3 nitrogen and oxygen atoms in total. The average molecular weight is 271 g/mol. The molecule has 1 heterocycles. The number of hydrazone groups is 1. The first-order chi connectivity index (χ1) is 7.65. The van der Waals surface area contributed by atoms with Crippen LogP contribution in [0, 0.1) is 0 Å². The smallest absolute Gasteiger partial charge is 0.161 e. The van der Waals surface area contributed by atoms with E-state index in [9.17, 15) is 4.79 Å². The SMILES string of the molecule is CC(=O)CC(C)=NN1[Si](C)(C)CCC[Si]1(C)C. The third-order valence-electron chi connectivity index (χ3n) is 3.50. The molecule has 5 heteroatoms. The Balaban J connectivity index is 2.94. The second-order valence-electron chi connectivity index (χ2n) is 6.50. The predicted molar refractivity (Wildman–Crippen MR) is 79.4 cm³/mol. The lowest BCUT2D eigenvalue weighted by molar-refractivity contribution is -0.115. The van der Waals surface area contributed by atoms with Gasteiger partial charge in [-0.05, 0) is 25.9 Å². The Labute approximate surface area is 107 Å². The third kappa shape index (κ3) is 3.77. The molecule has 1 fully saturated rings. The van der Waals surface area contributed by atoms with E-state index in [2.05, 4.69) is 30.5 Å². The molecule has 0 spiro atoms. The number of hydrogen-bond donors (Lipinski definition) is 0. The summed E-state index contributed by atoms with van der Waals surface area (Å²) < 4.78 is 2.49. The molecule has 0 aromatic heterocycles. The van der Waals surface area contributed by atoms with Gasteiger partial charge in [-0.2, -0.15) is 0 Å². The number of Topliss-reactive ketones (excluding diaryl/α,β-unsaturated/α-hetero) is 1. The number of nitrogens with zero attached hydrogens (tertiary/aromatic N) is 2. The van der Waals surface area contributed by atoms with Gasteiger partial charge in [0.05, 0.1) is 0 Å². The van der Waals surface area contributed by atoms with Crippen LogP contribution in [0.3, 0.4) is 0 Å². The minimum Gasteiger partial charge on any atom is -0.349 e. The van der Waals surface area contributed by atoms with Crippen LogP contribution < -0.4 is 0 Å². The van der Waals surface area contributed by atoms with Crippen LogP contribution in [-0.2, 0) is 4.79 Å². The van der Waals surface area contributed by atoms with Gasteiger partial charge in [0.1, 0.15) is 5.78 Å². The van der Waals surface area contributed by atoms with E-state index in [1.54, 1.807) is 6.92 Å². The lowest BCUT2D eigenvalue weighted by Gasteiger charge is -2.49. The first-order valence-electron chi connectivity index (χ1n) is 6.49. The molecule has 0 aromatic carbocycles. The molecular weight excluding hydrogens is 244 g/mol. The summed E-state index contributed by atoms with van der Waals surface area (Å²) in [5, 5.41) is 4.83. The summed E-state index contributed by atoms with van der Waals surface area (Å²) in [6, 6.07) is 2.67. The Bertz CT molecular complexity index is 321. The molecule has 0 amide bonds. The van der Waals surface area contributed by atoms with E-state index < -0.39 is 16.5 Å². The number of ketones is 1. The van der Waals surface area contributed by atoms with Gasteiger partial charge in [0.25, 0.3) is 0 Å². The summed E-state index contributed by atoms with van der Waals surface area (Å²) in [4.78, 5) is 11.1. The van der Waals surface area contributed by atoms with Crippen molar-refractivity contribution in [3.8, 4) is 0 Å². The fourth-order valence-electron chi connectivity index (χ4n) is 2.82. The van der Waals surface area contributed by atoms with Crippen molar-refractivity contribution in [1.29, 1.82) is 0 Å². The summed E-state index contributed by atoms with van der Waals surface area (Å²) >= 11 is 0. The minimum absolute atomic E-state index is 0.210. The quantitative estimate of drug-likeness (QED) is 0.581. The van der Waals surface area contributed by atoms with E-state index in [1.807, 2.05) is 6.92 Å². The lowest BCUT2D eigenvalue weighted by Crippen LogP contribution is -2.62. The highest BCUT2D eigenvalue weighted by molar-refractivity contribution is 6.91. The fraction of sp³-hybridized carbons (Fsp3) is 0.833. The normalized spacial score (nSPS) is 23.6. The van der Waals surface area contributed by atoms with Gasteiger partial charge in [0, 0.05) is 12.1 Å². The van der Waals surface area contributed by atoms with Crippen LogP contribution in [-0.4, -0.2) is 32.3 Å². The van der Waals surface area contributed by atoms with Gasteiger partial charge in [-0.1, -0.05) is 32.6 Å². The Kier molecular flexibility index (Phi) is 4.35. The standard InChI is InChI=1S/C12H26N2OSi2/c1-11(10-12(2)15)13-14-16(3,4)8-7-9-17(14,5)6/h7-10H2,1-6H3. The van der Waals surface area contributed by atoms with Crippen molar-refractivity contribution >= 4 is 28.0 Å². The van der Waals surface area contributed by atoms with E-state index in [1.165, 1.54) is 18.5 Å². The fourth-order valence-corrected chi connectivity index (χ4v) is 13.8. The van der Waals surface area contributed by atoms with Gasteiger partial charge in [-0.25, -0.2) is 5.10 Å². The first kappa shape index (κ1) is 14.6. The van der Waals surface area contributed by atoms with Gasteiger partial charge in [-0.15, -0.1) is 0 Å². The van der Waals surface area contributed by atoms with Crippen LogP contribution in [0.15, 0.2) is 5.10 Å². The Morgan fingerprint density at radius 2 is 1.59 bits per heavy atom. The third-order valence-corrected chi connectivity index (χ3v) is 12.8. The molecule has 1 aliphatic heterocycles. The molecule has 0 bridgehead atoms. The monoisotopic (exact) mass is 270 g/mol. The highest BCUT2D eigenvalue weighted by Gasteiger charge is 2.43. The van der Waals surface area contributed by atoms with Crippen LogP contribution >= 0.6 is 0 Å². The maximum Gasteiger partial charge on any atom is 0.161 e. The van der Waals surface area contributed by atoms with Gasteiger partial charge < -0.3 is 4.34 Å². The molecule has 1 aliphatic rings. The molecule has 0 unspecified atom stereocenters. The molecule has 0 N–H and O–H groups in total. The molecule has 0 saturated carbocycles. The zero-order valence-corrected chi connectivity index (χ0v) is 14.1. The van der Waals surface area contributed by atoms with E-state index in [0.29, 0.717) is 6.42 Å². The average Bonchev–Trinajstić information content (AvgIpc) is 2.09. The lowest BCUT2D eigenvalue weighted by atomic mass is 10.2. The topological polar surface area (TPSA) is 32.7 Å². The van der Waals surface area contributed by atoms with Crippen molar-refractivity contribution in [2.75, 3.05) is 0 Å². The van der Waals surface area contributed by atoms with E-state index in [4.69, 9.17) is 5.10 Å². The molecular formula is C12H26N2OSi2. The van der Waals surface area contributed by atoms with Crippen molar-refractivity contribution in [2.24, 2.45) is 5.10 Å². The zero-order chi connectivity index (χ0) is 13.3. The number of carbonyl (C=O) groups is 1. The first-order valence-corrected chi connectivity index (χ1v) is 12.8. The highest BCUT2D eigenvalue weighted by atomic mass is 28.4. The minimum atomic E-state index is -1.37. The second-order valence-corrected chi connectivity index (χ2v) is 16.0. The van der Waals surface area contributed by atoms with Gasteiger partial charge in [-0.3, -0.25) is 4.79 Å². The molecule has 0 aliphatic carbocycles. The maximum absolute atomic E-state index is 11.1. The second kappa shape index (κ2) is 5.06. The summed E-state index contributed by atoms with van der Waals surface area (Å²) in [6.07, 6.45) is 1.88. The van der Waals surface area contributed by atoms with Gasteiger partial charge >= 0.3 is 0 Å². The maximum atomic E-state index is 11.1. The van der Waals surface area contributed by atoms with E-state index in [0.717, 1.165) is 5.71 Å². The van der Waals surface area contributed by atoms with Crippen molar-refractivity contribution < 1.29 is 4.79 Å². The molecule has 1 saturated heterocycles. The predicted octanol–water partition coefficient (Wildman–Crippen LogP) is 3.46. The molecule has 0 aromatic rings. The number of rotatable bonds is 3. The van der Waals surface area contributed by atoms with Crippen LogP contribution in [0.5, 0.6) is 0 Å². The summed E-state index contributed by atoms with van der Waals surface area (Å²) in [7, 11) is -2.75. The highest BCUT2D eigenvalue weighted by Crippen LogP contribution is 2.34. The molecule has 98 valence electrons. The van der Waals surface area contributed by atoms with Crippen molar-refractivity contribution in [3.05, 3.63) is 0 Å². The van der Waals surface area contributed by atoms with Crippen molar-refractivity contribution in [3.63, 3.8) is 0 Å². The van der Waals surface area contributed by atoms with E-state index in [-0.39, 0.29) is 5.78 Å². The van der Waals surface area contributed by atoms with Crippen LogP contribution in [0.25, 0.3) is 0 Å². The van der Waals surface area contributed by atoms with Crippen LogP contribution in [0.2, 0.25) is 38.3 Å². The number of carbonyl (C=O) groups excluding carboxylic acids is 1.